The summed E-state index contributed by atoms with van der Waals surface area (Å²) in [6.45, 7) is 5.25. The molecule has 3 rings (SSSR count). The van der Waals surface area contributed by atoms with Gasteiger partial charge in [-0.15, -0.1) is 0 Å². The maximum atomic E-state index is 13.5. The largest absolute Gasteiger partial charge is 0.494 e. The van der Waals surface area contributed by atoms with Crippen molar-refractivity contribution in [3.05, 3.63) is 94.0 Å². The maximum absolute atomic E-state index is 13.5. The van der Waals surface area contributed by atoms with Crippen LogP contribution in [0.5, 0.6) is 5.75 Å². The van der Waals surface area contributed by atoms with Gasteiger partial charge in [0.15, 0.2) is 9.84 Å². The Balaban J connectivity index is 1.77. The van der Waals surface area contributed by atoms with Crippen molar-refractivity contribution in [2.24, 2.45) is 0 Å². The van der Waals surface area contributed by atoms with Crippen molar-refractivity contribution in [1.29, 1.82) is 0 Å². The molecule has 0 atom stereocenters. The highest BCUT2D eigenvalue weighted by Gasteiger charge is 2.34. The van der Waals surface area contributed by atoms with E-state index in [-0.39, 0.29) is 34.0 Å². The smallest absolute Gasteiger partial charge is 0.417 e. The van der Waals surface area contributed by atoms with Crippen molar-refractivity contribution in [2.75, 3.05) is 26.0 Å². The van der Waals surface area contributed by atoms with Gasteiger partial charge in [0.25, 0.3) is 0 Å². The highest BCUT2D eigenvalue weighted by Crippen LogP contribution is 2.37. The van der Waals surface area contributed by atoms with Crippen molar-refractivity contribution >= 4 is 21.4 Å². The molecule has 212 valence electrons. The molecule has 5 nitrogen and oxygen atoms in total. The molecule has 0 aliphatic heterocycles. The summed E-state index contributed by atoms with van der Waals surface area (Å²) >= 11 is 6.21. The van der Waals surface area contributed by atoms with Crippen molar-refractivity contribution in [3.8, 4) is 5.75 Å². The van der Waals surface area contributed by atoms with Crippen LogP contribution in [0.4, 0.5) is 13.2 Å². The first-order valence-corrected chi connectivity index (χ1v) is 14.7. The summed E-state index contributed by atoms with van der Waals surface area (Å²) in [7, 11) is -3.55. The number of hydrogen-bond donors (Lipinski definition) is 1. The Labute approximate surface area is 233 Å². The van der Waals surface area contributed by atoms with Crippen molar-refractivity contribution < 1.29 is 31.4 Å². The van der Waals surface area contributed by atoms with E-state index in [0.717, 1.165) is 17.9 Å². The Morgan fingerprint density at radius 1 is 0.974 bits per heavy atom. The van der Waals surface area contributed by atoms with Crippen LogP contribution in [0.3, 0.4) is 0 Å². The van der Waals surface area contributed by atoms with Gasteiger partial charge in [-0.3, -0.25) is 4.90 Å². The average Bonchev–Trinajstić information content (AvgIpc) is 2.86. The number of benzene rings is 3. The maximum Gasteiger partial charge on any atom is 0.417 e. The molecule has 10 heteroatoms. The highest BCUT2D eigenvalue weighted by molar-refractivity contribution is 7.90. The molecule has 0 unspecified atom stereocenters. The summed E-state index contributed by atoms with van der Waals surface area (Å²) in [5, 5.41) is 9.14. The third-order valence-corrected chi connectivity index (χ3v) is 8.07. The van der Waals surface area contributed by atoms with Gasteiger partial charge in [0.05, 0.1) is 28.7 Å². The summed E-state index contributed by atoms with van der Waals surface area (Å²) in [5.74, 6) is 0.352. The molecule has 0 spiro atoms. The lowest BCUT2D eigenvalue weighted by atomic mass is 9.84. The molecule has 0 saturated carbocycles. The predicted octanol–water partition coefficient (Wildman–Crippen LogP) is 6.50. The van der Waals surface area contributed by atoms with E-state index in [1.54, 1.807) is 12.1 Å². The molecule has 0 amide bonds. The number of ether oxygens (including phenoxy) is 1. The van der Waals surface area contributed by atoms with Gasteiger partial charge in [0.1, 0.15) is 5.75 Å². The normalized spacial score (nSPS) is 12.6. The second kappa shape index (κ2) is 12.7. The molecule has 3 aromatic carbocycles. The summed E-state index contributed by atoms with van der Waals surface area (Å²) in [4.78, 5) is 2.06. The molecule has 0 aromatic heterocycles. The van der Waals surface area contributed by atoms with E-state index in [0.29, 0.717) is 30.8 Å². The molecular weight excluding hydrogens is 551 g/mol. The molecule has 1 N–H and O–H groups in total. The summed E-state index contributed by atoms with van der Waals surface area (Å²) in [6, 6.07) is 18.3. The molecule has 39 heavy (non-hydrogen) atoms. The number of nitrogens with zero attached hydrogens (tertiary/aromatic N) is 1. The van der Waals surface area contributed by atoms with Crippen molar-refractivity contribution in [3.63, 3.8) is 0 Å². The van der Waals surface area contributed by atoms with Crippen LogP contribution < -0.4 is 4.74 Å². The number of aliphatic hydroxyl groups excluding tert-OH is 1. The van der Waals surface area contributed by atoms with Crippen LogP contribution in [0.1, 0.15) is 42.5 Å². The molecule has 0 aliphatic rings. The van der Waals surface area contributed by atoms with Crippen LogP contribution in [0.15, 0.2) is 71.6 Å². The third-order valence-electron chi connectivity index (χ3n) is 6.45. The molecule has 0 bridgehead atoms. The Morgan fingerprint density at radius 3 is 2.28 bits per heavy atom. The number of sulfone groups is 1. The second-order valence-corrected chi connectivity index (χ2v) is 12.5. The van der Waals surface area contributed by atoms with Crippen LogP contribution in [0, 0.1) is 0 Å². The fraction of sp³-hybridized carbons (Fsp3) is 0.379. The van der Waals surface area contributed by atoms with E-state index < -0.39 is 28.2 Å². The quantitative estimate of drug-likeness (QED) is 0.246. The average molecular weight is 584 g/mol. The summed E-state index contributed by atoms with van der Waals surface area (Å²) < 4.78 is 70.3. The van der Waals surface area contributed by atoms with Gasteiger partial charge in [0.2, 0.25) is 0 Å². The minimum absolute atomic E-state index is 0.00734. The molecule has 0 saturated heterocycles. The topological polar surface area (TPSA) is 66.8 Å². The summed E-state index contributed by atoms with van der Waals surface area (Å²) in [6.07, 6.45) is -2.96. The van der Waals surface area contributed by atoms with E-state index in [2.05, 4.69) is 18.7 Å². The fourth-order valence-corrected chi connectivity index (χ4v) is 5.73. The fourth-order valence-electron chi connectivity index (χ4n) is 4.49. The van der Waals surface area contributed by atoms with E-state index in [1.165, 1.54) is 18.2 Å². The molecule has 0 radical (unpaired) electrons. The van der Waals surface area contributed by atoms with E-state index in [1.807, 2.05) is 30.3 Å². The molecule has 0 heterocycles. The molecule has 0 aliphatic carbocycles. The minimum atomic E-state index is -4.55. The zero-order valence-corrected chi connectivity index (χ0v) is 23.7. The number of alkyl halides is 3. The number of hydrogen-bond acceptors (Lipinski definition) is 5. The standard InChI is InChI=1S/C29H33ClF3NO4S/c1-28(2,23-10-5-4-6-11-23)20-34(18-21-9-7-12-25(27(21)30)29(31,32)33)15-8-16-38-24-14-13-22(19-35)26(17-24)39(3,36)37/h4-7,9-14,17,35H,8,15-16,18-20H2,1-3H3. The lowest BCUT2D eigenvalue weighted by molar-refractivity contribution is -0.137. The molecule has 0 fully saturated rings. The van der Waals surface area contributed by atoms with Crippen LogP contribution in [-0.4, -0.2) is 44.4 Å². The first kappa shape index (κ1) is 30.9. The number of rotatable bonds is 12. The van der Waals surface area contributed by atoms with Gasteiger partial charge in [0, 0.05) is 31.3 Å². The van der Waals surface area contributed by atoms with Gasteiger partial charge < -0.3 is 9.84 Å². The van der Waals surface area contributed by atoms with Gasteiger partial charge >= 0.3 is 6.18 Å². The number of halogens is 4. The van der Waals surface area contributed by atoms with Crippen LogP contribution >= 0.6 is 11.6 Å². The Hall–Kier alpha value is -2.59. The van der Waals surface area contributed by atoms with E-state index >= 15 is 0 Å². The highest BCUT2D eigenvalue weighted by atomic mass is 35.5. The second-order valence-electron chi connectivity index (χ2n) is 10.1. The lowest BCUT2D eigenvalue weighted by Crippen LogP contribution is -2.37. The van der Waals surface area contributed by atoms with E-state index in [4.69, 9.17) is 16.3 Å². The first-order valence-electron chi connectivity index (χ1n) is 12.4. The number of aliphatic hydroxyl groups is 1. The third kappa shape index (κ3) is 8.45. The summed E-state index contributed by atoms with van der Waals surface area (Å²) in [5.41, 5.74) is 0.602. The van der Waals surface area contributed by atoms with Crippen LogP contribution in [0.25, 0.3) is 0 Å². The zero-order chi connectivity index (χ0) is 28.8. The van der Waals surface area contributed by atoms with Gasteiger partial charge in [-0.2, -0.15) is 13.2 Å². The Morgan fingerprint density at radius 2 is 1.67 bits per heavy atom. The monoisotopic (exact) mass is 583 g/mol. The Bertz CT molecular complexity index is 1360. The lowest BCUT2D eigenvalue weighted by Gasteiger charge is -2.33. The Kier molecular flexibility index (Phi) is 10.1. The van der Waals surface area contributed by atoms with Gasteiger partial charge in [-0.05, 0) is 41.3 Å². The predicted molar refractivity (Wildman–Crippen MR) is 147 cm³/mol. The molecular formula is C29H33ClF3NO4S. The van der Waals surface area contributed by atoms with E-state index in [9.17, 15) is 26.7 Å². The minimum Gasteiger partial charge on any atom is -0.494 e. The van der Waals surface area contributed by atoms with Gasteiger partial charge in [-0.25, -0.2) is 8.42 Å². The van der Waals surface area contributed by atoms with Crippen molar-refractivity contribution in [1.82, 2.24) is 4.90 Å². The zero-order valence-electron chi connectivity index (χ0n) is 22.1. The SMILES string of the molecule is CC(C)(CN(CCCOc1ccc(CO)c(S(C)(=O)=O)c1)Cc1cccc(C(F)(F)F)c1Cl)c1ccccc1. The van der Waals surface area contributed by atoms with Gasteiger partial charge in [-0.1, -0.05) is 74.0 Å². The molecule has 3 aromatic rings. The van der Waals surface area contributed by atoms with Crippen LogP contribution in [0.2, 0.25) is 5.02 Å². The van der Waals surface area contributed by atoms with Crippen LogP contribution in [-0.2, 0) is 34.6 Å². The first-order chi connectivity index (χ1) is 18.2. The van der Waals surface area contributed by atoms with Crippen molar-refractivity contribution in [2.45, 2.75) is 49.9 Å².